The lowest BCUT2D eigenvalue weighted by Crippen LogP contribution is -2.43. The van der Waals surface area contributed by atoms with Gasteiger partial charge < -0.3 is 15.2 Å². The average Bonchev–Trinajstić information content (AvgIpc) is 3.17. The second-order valence-electron chi connectivity index (χ2n) is 7.75. The molecule has 0 fully saturated rings. The van der Waals surface area contributed by atoms with E-state index in [1.165, 1.54) is 16.8 Å². The molecule has 0 aliphatic rings. The van der Waals surface area contributed by atoms with Gasteiger partial charge in [-0.05, 0) is 45.2 Å². The summed E-state index contributed by atoms with van der Waals surface area (Å²) < 4.78 is 3.92. The van der Waals surface area contributed by atoms with Gasteiger partial charge in [-0.25, -0.2) is 4.99 Å². The van der Waals surface area contributed by atoms with Crippen molar-refractivity contribution in [2.75, 3.05) is 0 Å². The average molecular weight is 409 g/mol. The van der Waals surface area contributed by atoms with Crippen LogP contribution in [0, 0.1) is 20.8 Å². The van der Waals surface area contributed by atoms with Crippen molar-refractivity contribution in [3.63, 3.8) is 0 Å². The number of aryl methyl sites for hydroxylation is 3. The van der Waals surface area contributed by atoms with Gasteiger partial charge in [0.2, 0.25) is 0 Å². The highest BCUT2D eigenvalue weighted by atomic mass is 15.3. The molecule has 0 aliphatic carbocycles. The number of nitrogens with one attached hydrogen (secondary N) is 2. The van der Waals surface area contributed by atoms with Crippen molar-refractivity contribution in [3.8, 4) is 0 Å². The number of aliphatic imine (C=N–C) groups is 1. The minimum Gasteiger partial charge on any atom is -0.354 e. The lowest BCUT2D eigenvalue weighted by molar-refractivity contribution is 0.626. The summed E-state index contributed by atoms with van der Waals surface area (Å²) in [6.07, 6.45) is 0.876. The van der Waals surface area contributed by atoms with Crippen molar-refractivity contribution < 1.29 is 0 Å². The number of rotatable bonds is 7. The fraction of sp³-hybridized carbons (Fsp3) is 0.455. The van der Waals surface area contributed by atoms with Crippen molar-refractivity contribution in [2.45, 2.75) is 53.2 Å². The summed E-state index contributed by atoms with van der Waals surface area (Å²) in [5.74, 6) is 2.51. The first-order chi connectivity index (χ1) is 14.3. The molecule has 8 nitrogen and oxygen atoms in total. The van der Waals surface area contributed by atoms with E-state index in [9.17, 15) is 0 Å². The van der Waals surface area contributed by atoms with Crippen LogP contribution in [0.4, 0.5) is 0 Å². The highest BCUT2D eigenvalue weighted by Gasteiger charge is 2.15. The maximum atomic E-state index is 4.79. The smallest absolute Gasteiger partial charge is 0.192 e. The zero-order valence-electron chi connectivity index (χ0n) is 18.8. The van der Waals surface area contributed by atoms with Crippen molar-refractivity contribution in [3.05, 3.63) is 64.5 Å². The third-order valence-electron chi connectivity index (χ3n) is 5.41. The Morgan fingerprint density at radius 1 is 1.10 bits per heavy atom. The van der Waals surface area contributed by atoms with Crippen LogP contribution in [0.3, 0.4) is 0 Å². The van der Waals surface area contributed by atoms with Gasteiger partial charge in [0.15, 0.2) is 11.8 Å². The molecule has 30 heavy (non-hydrogen) atoms. The van der Waals surface area contributed by atoms with Crippen LogP contribution in [0.15, 0.2) is 35.3 Å². The van der Waals surface area contributed by atoms with E-state index in [0.29, 0.717) is 13.1 Å². The molecule has 1 unspecified atom stereocenters. The third kappa shape index (κ3) is 5.25. The lowest BCUT2D eigenvalue weighted by Gasteiger charge is -2.19. The first-order valence-electron chi connectivity index (χ1n) is 10.3. The van der Waals surface area contributed by atoms with E-state index in [-0.39, 0.29) is 6.04 Å². The molecule has 2 N–H and O–H groups in total. The molecule has 8 heteroatoms. The molecule has 0 aliphatic heterocycles. The quantitative estimate of drug-likeness (QED) is 0.463. The number of aromatic nitrogens is 5. The highest BCUT2D eigenvalue weighted by molar-refractivity contribution is 5.80. The Hall–Kier alpha value is -3.16. The van der Waals surface area contributed by atoms with Crippen LogP contribution in [0.2, 0.25) is 0 Å². The van der Waals surface area contributed by atoms with Gasteiger partial charge in [0.25, 0.3) is 0 Å². The zero-order valence-corrected chi connectivity index (χ0v) is 18.8. The molecule has 3 rings (SSSR count). The molecule has 1 aromatic carbocycles. The van der Waals surface area contributed by atoms with E-state index in [2.05, 4.69) is 58.8 Å². The maximum Gasteiger partial charge on any atom is 0.192 e. The molecule has 0 spiro atoms. The Kier molecular flexibility index (Phi) is 6.87. The number of guanidine groups is 1. The summed E-state index contributed by atoms with van der Waals surface area (Å²) >= 11 is 0. The summed E-state index contributed by atoms with van der Waals surface area (Å²) in [5, 5.41) is 19.8. The monoisotopic (exact) mass is 408 g/mol. The standard InChI is InChI=1S/C22H32N8/c1-15(12-20-16(2)28-30(6)17(20)3)25-22(23-13-19-10-8-7-9-11-19)24-14-21-27-26-18(4)29(21)5/h7-11,15H,12-14H2,1-6H3,(H2,23,24,25). The van der Waals surface area contributed by atoms with Crippen molar-refractivity contribution in [2.24, 2.45) is 19.1 Å². The first-order valence-corrected chi connectivity index (χ1v) is 10.3. The van der Waals surface area contributed by atoms with Gasteiger partial charge in [0.05, 0.1) is 18.8 Å². The SMILES string of the molecule is Cc1nn(C)c(C)c1CC(C)NC(=NCc1ccccc1)NCc1nnc(C)n1C. The lowest BCUT2D eigenvalue weighted by atomic mass is 10.1. The van der Waals surface area contributed by atoms with Crippen molar-refractivity contribution in [1.29, 1.82) is 0 Å². The van der Waals surface area contributed by atoms with E-state index in [1.807, 2.05) is 48.5 Å². The van der Waals surface area contributed by atoms with Crippen LogP contribution in [0.5, 0.6) is 0 Å². The highest BCUT2D eigenvalue weighted by Crippen LogP contribution is 2.14. The Morgan fingerprint density at radius 2 is 1.83 bits per heavy atom. The fourth-order valence-corrected chi connectivity index (χ4v) is 3.38. The molecule has 2 heterocycles. The van der Waals surface area contributed by atoms with Crippen LogP contribution in [-0.4, -0.2) is 36.5 Å². The molecule has 160 valence electrons. The Labute approximate surface area is 178 Å². The number of benzene rings is 1. The number of hydrogen-bond acceptors (Lipinski definition) is 4. The molecule has 2 aromatic heterocycles. The van der Waals surface area contributed by atoms with Gasteiger partial charge in [-0.1, -0.05) is 30.3 Å². The fourth-order valence-electron chi connectivity index (χ4n) is 3.38. The Bertz CT molecular complexity index is 1000. The van der Waals surface area contributed by atoms with E-state index in [4.69, 9.17) is 4.99 Å². The topological polar surface area (TPSA) is 84.9 Å². The second-order valence-corrected chi connectivity index (χ2v) is 7.75. The largest absolute Gasteiger partial charge is 0.354 e. The number of hydrogen-bond donors (Lipinski definition) is 2. The van der Waals surface area contributed by atoms with Gasteiger partial charge >= 0.3 is 0 Å². The summed E-state index contributed by atoms with van der Waals surface area (Å²) in [5.41, 5.74) is 4.73. The predicted octanol–water partition coefficient (Wildman–Crippen LogP) is 2.34. The van der Waals surface area contributed by atoms with Gasteiger partial charge in [0.1, 0.15) is 5.82 Å². The molecule has 1 atom stereocenters. The molecular weight excluding hydrogens is 376 g/mol. The predicted molar refractivity (Wildman–Crippen MR) is 119 cm³/mol. The van der Waals surface area contributed by atoms with E-state index in [0.717, 1.165) is 29.7 Å². The minimum absolute atomic E-state index is 0.190. The number of nitrogens with zero attached hydrogens (tertiary/aromatic N) is 6. The molecular formula is C22H32N8. The maximum absolute atomic E-state index is 4.79. The van der Waals surface area contributed by atoms with Crippen molar-refractivity contribution >= 4 is 5.96 Å². The van der Waals surface area contributed by atoms with Crippen LogP contribution < -0.4 is 10.6 Å². The van der Waals surface area contributed by atoms with Gasteiger partial charge in [-0.3, -0.25) is 4.68 Å². The van der Waals surface area contributed by atoms with Gasteiger partial charge in [-0.15, -0.1) is 10.2 Å². The Morgan fingerprint density at radius 3 is 2.43 bits per heavy atom. The molecule has 0 bridgehead atoms. The van der Waals surface area contributed by atoms with Gasteiger partial charge in [0, 0.05) is 25.8 Å². The molecule has 0 amide bonds. The van der Waals surface area contributed by atoms with Crippen LogP contribution in [0.1, 0.15) is 41.1 Å². The molecule has 3 aromatic rings. The van der Waals surface area contributed by atoms with E-state index < -0.39 is 0 Å². The zero-order chi connectivity index (χ0) is 21.7. The third-order valence-corrected chi connectivity index (χ3v) is 5.41. The van der Waals surface area contributed by atoms with Crippen LogP contribution in [0.25, 0.3) is 0 Å². The summed E-state index contributed by atoms with van der Waals surface area (Å²) in [6.45, 7) is 9.44. The minimum atomic E-state index is 0.190. The van der Waals surface area contributed by atoms with Crippen LogP contribution >= 0.6 is 0 Å². The van der Waals surface area contributed by atoms with Crippen molar-refractivity contribution in [1.82, 2.24) is 35.2 Å². The van der Waals surface area contributed by atoms with Gasteiger partial charge in [-0.2, -0.15) is 5.10 Å². The second kappa shape index (κ2) is 9.56. The molecule has 0 saturated heterocycles. The van der Waals surface area contributed by atoms with E-state index >= 15 is 0 Å². The summed E-state index contributed by atoms with van der Waals surface area (Å²) in [6, 6.07) is 10.4. The van der Waals surface area contributed by atoms with Crippen LogP contribution in [-0.2, 0) is 33.6 Å². The first kappa shape index (κ1) is 21.5. The normalized spacial score (nSPS) is 12.8. The molecule has 0 saturated carbocycles. The molecule has 0 radical (unpaired) electrons. The Balaban J connectivity index is 1.71. The van der Waals surface area contributed by atoms with E-state index in [1.54, 1.807) is 0 Å². The summed E-state index contributed by atoms with van der Waals surface area (Å²) in [4.78, 5) is 4.79. The summed E-state index contributed by atoms with van der Waals surface area (Å²) in [7, 11) is 3.96.